The van der Waals surface area contributed by atoms with Crippen molar-refractivity contribution in [3.8, 4) is 0 Å². The van der Waals surface area contributed by atoms with Crippen LogP contribution >= 0.6 is 0 Å². The normalized spacial score (nSPS) is 26.9. The van der Waals surface area contributed by atoms with Gasteiger partial charge in [-0.05, 0) is 102 Å². The van der Waals surface area contributed by atoms with Crippen LogP contribution in [0.2, 0.25) is 0 Å². The molecule has 0 unspecified atom stereocenters. The molecule has 0 aliphatic carbocycles. The number of aliphatic hydroxyl groups is 2. The Labute approximate surface area is 507 Å². The highest BCUT2D eigenvalue weighted by molar-refractivity contribution is 5.99. The maximum absolute atomic E-state index is 15.1. The highest BCUT2D eigenvalue weighted by Gasteiger charge is 2.46. The van der Waals surface area contributed by atoms with Gasteiger partial charge in [0.25, 0.3) is 0 Å². The minimum Gasteiger partial charge on any atom is -0.390 e. The van der Waals surface area contributed by atoms with E-state index >= 15 is 9.59 Å². The molecule has 1 aliphatic rings. The maximum atomic E-state index is 15.1. The van der Waals surface area contributed by atoms with Gasteiger partial charge in [-0.15, -0.1) is 0 Å². The number of allylic oxidation sites excluding steroid dienone is 2. The van der Waals surface area contributed by atoms with Crippen LogP contribution in [0.3, 0.4) is 0 Å². The summed E-state index contributed by atoms with van der Waals surface area (Å²) < 4.78 is 0. The summed E-state index contributed by atoms with van der Waals surface area (Å²) in [5.74, 6) is -10.4. The Balaban J connectivity index is 4.31. The first-order valence-electron chi connectivity index (χ1n) is 30.2. The second-order valence-corrected chi connectivity index (χ2v) is 26.1. The number of carbonyl (C=O) groups excluding carboxylic acids is 11. The zero-order valence-electron chi connectivity index (χ0n) is 55.5. The highest BCUT2D eigenvalue weighted by atomic mass is 16.3. The standard InChI is InChI=1S/C61H109N11O13/c1-24-26-27-38(13)50(74)49-54(78)65-41(25-2)56(80)67(18)32-46(73)64-42(28-33(3)4)52(76)66-47(36(9)10)59(83)68(19)43(29-34(5)6)53(77)62-39(14)51(75)63-40(15)55(79)70(21)45(31-61(16,17)85)58(82)69(20)44(30-35(7)8)57(81)71(22)48(37(11)12)60(84)72(49)23/h24,26,33-45,47-50,74,85H,25,27-32H2,1-23H3,(H,62,77)(H,63,75)(H,64,73)(H,65,78)(H,66,76)/b26-24+/t38-,39+,40-,41+,42+,43+,44+,45+,47+,48+,49+,50-/m1/s1. The summed E-state index contributed by atoms with van der Waals surface area (Å²) in [6.07, 6.45) is 2.35. The first-order valence-corrected chi connectivity index (χ1v) is 30.2. The van der Waals surface area contributed by atoms with Gasteiger partial charge in [0.2, 0.25) is 65.0 Å². The van der Waals surface area contributed by atoms with Crippen LogP contribution < -0.4 is 26.6 Å². The lowest BCUT2D eigenvalue weighted by atomic mass is 9.91. The van der Waals surface area contributed by atoms with Crippen molar-refractivity contribution in [3.05, 3.63) is 12.2 Å². The van der Waals surface area contributed by atoms with Crippen molar-refractivity contribution in [1.29, 1.82) is 0 Å². The van der Waals surface area contributed by atoms with Gasteiger partial charge in [0.1, 0.15) is 60.4 Å². The number of rotatable bonds is 15. The van der Waals surface area contributed by atoms with E-state index in [0.717, 1.165) is 14.7 Å². The highest BCUT2D eigenvalue weighted by Crippen LogP contribution is 2.26. The zero-order chi connectivity index (χ0) is 66.0. The molecule has 0 radical (unpaired) electrons. The molecule has 0 aromatic rings. The van der Waals surface area contributed by atoms with Crippen LogP contribution in [0, 0.1) is 35.5 Å². The van der Waals surface area contributed by atoms with Crippen molar-refractivity contribution < 1.29 is 63.0 Å². The number of hydrogen-bond donors (Lipinski definition) is 7. The van der Waals surface area contributed by atoms with E-state index in [2.05, 4.69) is 26.6 Å². The number of likely N-dealkylation sites (N-methyl/N-ethyl adjacent to an activating group) is 6. The van der Waals surface area contributed by atoms with Gasteiger partial charge in [0, 0.05) is 48.7 Å². The molecule has 486 valence electrons. The fourth-order valence-electron chi connectivity index (χ4n) is 10.5. The topological polar surface area (TPSA) is 308 Å². The predicted octanol–water partition coefficient (Wildman–Crippen LogP) is 2.04. The number of amides is 11. The van der Waals surface area contributed by atoms with Gasteiger partial charge in [0.15, 0.2) is 0 Å². The molecule has 85 heavy (non-hydrogen) atoms. The summed E-state index contributed by atoms with van der Waals surface area (Å²) in [6, 6.07) is -13.0. The molecule has 11 amide bonds. The Morgan fingerprint density at radius 2 is 1.00 bits per heavy atom. The fraction of sp³-hybridized carbons (Fsp3) is 0.787. The largest absolute Gasteiger partial charge is 0.390 e. The van der Waals surface area contributed by atoms with Crippen molar-refractivity contribution in [3.63, 3.8) is 0 Å². The Morgan fingerprint density at radius 3 is 1.48 bits per heavy atom. The summed E-state index contributed by atoms with van der Waals surface area (Å²) in [6.45, 7) is 28.0. The van der Waals surface area contributed by atoms with Gasteiger partial charge in [-0.1, -0.05) is 95.2 Å². The average Bonchev–Trinajstić information content (AvgIpc) is 3.45. The SMILES string of the molecule is C/C=C/C[C@@H](C)[C@@H](O)[C@H]1C(=O)N[C@@H](CC)C(=O)N(C)CC(=O)N[C@@H](CC(C)C)C(=O)N[C@@H](C(C)C)C(=O)N(C)[C@@H](CC(C)C)C(=O)N[C@@H](C)C(=O)N[C@H](C)C(=O)N(C)[C@@H](CC(C)(C)O)C(=O)N(C)[C@@H](CC(C)C)C(=O)N(C)[C@@H](C(C)C)C(=O)N1C. The van der Waals surface area contributed by atoms with Gasteiger partial charge in [0.05, 0.1) is 18.2 Å². The maximum Gasteiger partial charge on any atom is 0.246 e. The van der Waals surface area contributed by atoms with E-state index in [1.54, 1.807) is 60.6 Å². The number of hydrogen-bond acceptors (Lipinski definition) is 13. The predicted molar refractivity (Wildman–Crippen MR) is 325 cm³/mol. The van der Waals surface area contributed by atoms with Crippen LogP contribution in [-0.2, 0) is 52.7 Å². The Bertz CT molecular complexity index is 2340. The van der Waals surface area contributed by atoms with E-state index in [0.29, 0.717) is 6.42 Å². The molecule has 24 nitrogen and oxygen atoms in total. The molecule has 1 rings (SSSR count). The number of carbonyl (C=O) groups is 11. The molecule has 7 N–H and O–H groups in total. The third kappa shape index (κ3) is 22.6. The van der Waals surface area contributed by atoms with Crippen LogP contribution in [-0.4, -0.2) is 226 Å². The van der Waals surface area contributed by atoms with Crippen LogP contribution in [0.25, 0.3) is 0 Å². The van der Waals surface area contributed by atoms with Gasteiger partial charge in [-0.2, -0.15) is 0 Å². The van der Waals surface area contributed by atoms with E-state index < -0.39 is 161 Å². The summed E-state index contributed by atoms with van der Waals surface area (Å²) in [4.78, 5) is 166. The molecular weight excluding hydrogens is 1090 g/mol. The van der Waals surface area contributed by atoms with Crippen molar-refractivity contribution in [2.75, 3.05) is 48.8 Å². The van der Waals surface area contributed by atoms with E-state index in [4.69, 9.17) is 0 Å². The van der Waals surface area contributed by atoms with Crippen LogP contribution in [0.4, 0.5) is 0 Å². The summed E-state index contributed by atoms with van der Waals surface area (Å²) in [5, 5.41) is 36.8. The third-order valence-electron chi connectivity index (χ3n) is 15.6. The minimum absolute atomic E-state index is 0.00523. The van der Waals surface area contributed by atoms with E-state index in [9.17, 15) is 53.4 Å². The second kappa shape index (κ2) is 34.2. The van der Waals surface area contributed by atoms with Crippen LogP contribution in [0.15, 0.2) is 12.2 Å². The monoisotopic (exact) mass is 1200 g/mol. The van der Waals surface area contributed by atoms with Gasteiger partial charge in [-0.3, -0.25) is 52.7 Å². The third-order valence-corrected chi connectivity index (χ3v) is 15.6. The second-order valence-electron chi connectivity index (χ2n) is 26.1. The summed E-state index contributed by atoms with van der Waals surface area (Å²) in [7, 11) is 8.18. The minimum atomic E-state index is -1.64. The average molecular weight is 1200 g/mol. The lowest BCUT2D eigenvalue weighted by Crippen LogP contribution is -2.63. The van der Waals surface area contributed by atoms with E-state index in [-0.39, 0.29) is 49.9 Å². The van der Waals surface area contributed by atoms with Gasteiger partial charge >= 0.3 is 0 Å². The lowest BCUT2D eigenvalue weighted by molar-refractivity contribution is -0.158. The van der Waals surface area contributed by atoms with Gasteiger partial charge in [-0.25, -0.2) is 0 Å². The Hall–Kier alpha value is -6.17. The molecule has 1 aliphatic heterocycles. The molecule has 0 bridgehead atoms. The quantitative estimate of drug-likeness (QED) is 0.116. The smallest absolute Gasteiger partial charge is 0.246 e. The number of aliphatic hydroxyl groups excluding tert-OH is 1. The molecule has 0 aromatic carbocycles. The molecule has 1 heterocycles. The molecular formula is C61H109N11O13. The molecule has 1 fully saturated rings. The summed E-state index contributed by atoms with van der Waals surface area (Å²) in [5.41, 5.74) is -1.56. The van der Waals surface area contributed by atoms with E-state index in [1.807, 2.05) is 41.5 Å². The first-order chi connectivity index (χ1) is 39.1. The van der Waals surface area contributed by atoms with Crippen LogP contribution in [0.5, 0.6) is 0 Å². The molecule has 0 aromatic heterocycles. The zero-order valence-corrected chi connectivity index (χ0v) is 55.5. The van der Waals surface area contributed by atoms with Crippen molar-refractivity contribution in [2.24, 2.45) is 35.5 Å². The Morgan fingerprint density at radius 1 is 0.518 bits per heavy atom. The van der Waals surface area contributed by atoms with Crippen molar-refractivity contribution in [1.82, 2.24) is 56.0 Å². The van der Waals surface area contributed by atoms with E-state index in [1.165, 1.54) is 84.7 Å². The molecule has 24 heteroatoms. The van der Waals surface area contributed by atoms with Crippen molar-refractivity contribution >= 4 is 65.0 Å². The Kier molecular flexibility index (Phi) is 31.0. The number of nitrogens with zero attached hydrogens (tertiary/aromatic N) is 6. The molecule has 1 saturated heterocycles. The van der Waals surface area contributed by atoms with Crippen LogP contribution in [0.1, 0.15) is 156 Å². The lowest BCUT2D eigenvalue weighted by Gasteiger charge is -2.42. The molecule has 0 saturated carbocycles. The molecule has 12 atom stereocenters. The molecule has 0 spiro atoms. The first kappa shape index (κ1) is 76.8. The number of nitrogens with one attached hydrogen (secondary N) is 5. The summed E-state index contributed by atoms with van der Waals surface area (Å²) >= 11 is 0. The fourth-order valence-corrected chi connectivity index (χ4v) is 10.5. The van der Waals surface area contributed by atoms with Crippen molar-refractivity contribution in [2.45, 2.75) is 228 Å². The van der Waals surface area contributed by atoms with Gasteiger partial charge < -0.3 is 66.2 Å².